The molecular weight excluding hydrogens is 330 g/mol. The van der Waals surface area contributed by atoms with Crippen molar-refractivity contribution in [2.45, 2.75) is 32.9 Å². The smallest absolute Gasteiger partial charge is 0.253 e. The zero-order chi connectivity index (χ0) is 18.1. The Morgan fingerprint density at radius 2 is 2.04 bits per heavy atom. The average molecular weight is 351 g/mol. The molecule has 8 heteroatoms. The first kappa shape index (κ1) is 16.4. The van der Waals surface area contributed by atoms with E-state index in [9.17, 15) is 4.79 Å². The van der Waals surface area contributed by atoms with Crippen LogP contribution >= 0.6 is 0 Å². The van der Waals surface area contributed by atoms with Crippen LogP contribution < -0.4 is 0 Å². The summed E-state index contributed by atoms with van der Waals surface area (Å²) in [7, 11) is 0. The summed E-state index contributed by atoms with van der Waals surface area (Å²) in [6.45, 7) is 6.11. The molecule has 0 unspecified atom stereocenters. The van der Waals surface area contributed by atoms with Crippen LogP contribution in [-0.2, 0) is 6.54 Å². The van der Waals surface area contributed by atoms with Gasteiger partial charge in [-0.1, -0.05) is 12.1 Å². The van der Waals surface area contributed by atoms with E-state index in [1.165, 1.54) is 0 Å². The molecule has 0 bridgehead atoms. The summed E-state index contributed by atoms with van der Waals surface area (Å²) in [6, 6.07) is 9.98. The van der Waals surface area contributed by atoms with Crippen LogP contribution in [0.4, 0.5) is 0 Å². The van der Waals surface area contributed by atoms with Crippen molar-refractivity contribution in [1.29, 1.82) is 0 Å². The van der Waals surface area contributed by atoms with Crippen molar-refractivity contribution in [2.24, 2.45) is 0 Å². The van der Waals surface area contributed by atoms with E-state index >= 15 is 0 Å². The molecule has 1 atom stereocenters. The molecule has 8 nitrogen and oxygen atoms in total. The fourth-order valence-electron chi connectivity index (χ4n) is 3.52. The molecule has 2 aromatic heterocycles. The highest BCUT2D eigenvalue weighted by Gasteiger charge is 2.29. The van der Waals surface area contributed by atoms with Crippen molar-refractivity contribution >= 4 is 5.91 Å². The molecule has 0 spiro atoms. The predicted octanol–water partition coefficient (Wildman–Crippen LogP) is 1.62. The lowest BCUT2D eigenvalue weighted by molar-refractivity contribution is 0.0787. The molecule has 3 aromatic rings. The average Bonchev–Trinajstić information content (AvgIpc) is 3.36. The molecular formula is C18H21N7O. The van der Waals surface area contributed by atoms with Gasteiger partial charge in [-0.2, -0.15) is 5.10 Å². The second kappa shape index (κ2) is 6.70. The number of carbonyl (C=O) groups is 1. The van der Waals surface area contributed by atoms with Gasteiger partial charge in [0.2, 0.25) is 0 Å². The summed E-state index contributed by atoms with van der Waals surface area (Å²) in [5.74, 6) is 0.0722. The Kier molecular flexibility index (Phi) is 4.24. The summed E-state index contributed by atoms with van der Waals surface area (Å²) in [5, 5.41) is 15.7. The fraction of sp³-hybridized carbons (Fsp3) is 0.389. The molecule has 0 radical (unpaired) electrons. The first-order valence-corrected chi connectivity index (χ1v) is 8.72. The maximum Gasteiger partial charge on any atom is 0.253 e. The summed E-state index contributed by atoms with van der Waals surface area (Å²) < 4.78 is 3.70. The van der Waals surface area contributed by atoms with Gasteiger partial charge in [-0.15, -0.1) is 5.10 Å². The van der Waals surface area contributed by atoms with Crippen molar-refractivity contribution in [3.63, 3.8) is 0 Å². The summed E-state index contributed by atoms with van der Waals surface area (Å²) in [5.41, 5.74) is 3.93. The lowest BCUT2D eigenvalue weighted by Gasteiger charge is -2.17. The number of hydrogen-bond acceptors (Lipinski definition) is 5. The van der Waals surface area contributed by atoms with Gasteiger partial charge in [0.1, 0.15) is 6.33 Å². The van der Waals surface area contributed by atoms with Gasteiger partial charge in [0.15, 0.2) is 0 Å². The SMILES string of the molecule is Cc1cc(C)n([C@@H]2CCN(C(=O)c3ccc(Cn4cnnn4)cc3)C2)n1. The Labute approximate surface area is 151 Å². The number of likely N-dealkylation sites (tertiary alicyclic amines) is 1. The van der Waals surface area contributed by atoms with Gasteiger partial charge in [0.05, 0.1) is 18.3 Å². The van der Waals surface area contributed by atoms with Gasteiger partial charge in [-0.3, -0.25) is 9.48 Å². The van der Waals surface area contributed by atoms with Crippen LogP contribution in [0.15, 0.2) is 36.7 Å². The number of carbonyl (C=O) groups excluding carboxylic acids is 1. The number of amides is 1. The number of hydrogen-bond donors (Lipinski definition) is 0. The monoisotopic (exact) mass is 351 g/mol. The van der Waals surface area contributed by atoms with E-state index in [0.29, 0.717) is 18.7 Å². The fourth-order valence-corrected chi connectivity index (χ4v) is 3.52. The third-order valence-electron chi connectivity index (χ3n) is 4.78. The molecule has 1 aliphatic rings. The van der Waals surface area contributed by atoms with E-state index in [1.54, 1.807) is 11.0 Å². The van der Waals surface area contributed by atoms with Crippen molar-refractivity contribution in [3.05, 3.63) is 59.2 Å². The minimum atomic E-state index is 0.0722. The third kappa shape index (κ3) is 3.22. The molecule has 1 saturated heterocycles. The quantitative estimate of drug-likeness (QED) is 0.713. The van der Waals surface area contributed by atoms with Gasteiger partial charge in [0, 0.05) is 24.3 Å². The Balaban J connectivity index is 1.42. The Morgan fingerprint density at radius 3 is 2.69 bits per heavy atom. The van der Waals surface area contributed by atoms with Crippen LogP contribution in [0.5, 0.6) is 0 Å². The third-order valence-corrected chi connectivity index (χ3v) is 4.78. The van der Waals surface area contributed by atoms with Crippen LogP contribution in [0, 0.1) is 13.8 Å². The number of benzene rings is 1. The zero-order valence-electron chi connectivity index (χ0n) is 14.9. The second-order valence-electron chi connectivity index (χ2n) is 6.77. The van der Waals surface area contributed by atoms with E-state index in [0.717, 1.165) is 29.9 Å². The number of rotatable bonds is 4. The Bertz CT molecular complexity index is 898. The van der Waals surface area contributed by atoms with Crippen molar-refractivity contribution in [2.75, 3.05) is 13.1 Å². The summed E-state index contributed by atoms with van der Waals surface area (Å²) >= 11 is 0. The molecule has 1 aromatic carbocycles. The minimum Gasteiger partial charge on any atom is -0.336 e. The van der Waals surface area contributed by atoms with Crippen LogP contribution in [0.25, 0.3) is 0 Å². The van der Waals surface area contributed by atoms with Gasteiger partial charge >= 0.3 is 0 Å². The van der Waals surface area contributed by atoms with Gasteiger partial charge in [0.25, 0.3) is 5.91 Å². The highest BCUT2D eigenvalue weighted by Crippen LogP contribution is 2.24. The molecule has 1 aliphatic heterocycles. The zero-order valence-corrected chi connectivity index (χ0v) is 14.9. The topological polar surface area (TPSA) is 81.7 Å². The van der Waals surface area contributed by atoms with Crippen LogP contribution in [0.1, 0.15) is 39.8 Å². The van der Waals surface area contributed by atoms with Crippen molar-refractivity contribution < 1.29 is 4.79 Å². The largest absolute Gasteiger partial charge is 0.336 e. The lowest BCUT2D eigenvalue weighted by atomic mass is 10.1. The highest BCUT2D eigenvalue weighted by molar-refractivity contribution is 5.94. The van der Waals surface area contributed by atoms with Gasteiger partial charge < -0.3 is 4.90 Å². The summed E-state index contributed by atoms with van der Waals surface area (Å²) in [6.07, 6.45) is 2.51. The number of tetrazole rings is 1. The van der Waals surface area contributed by atoms with E-state index in [-0.39, 0.29) is 11.9 Å². The van der Waals surface area contributed by atoms with Crippen LogP contribution in [-0.4, -0.2) is 53.9 Å². The number of aryl methyl sites for hydroxylation is 2. The molecule has 0 aliphatic carbocycles. The normalized spacial score (nSPS) is 17.0. The second-order valence-corrected chi connectivity index (χ2v) is 6.77. The van der Waals surface area contributed by atoms with E-state index in [2.05, 4.69) is 38.3 Å². The maximum absolute atomic E-state index is 12.8. The molecule has 26 heavy (non-hydrogen) atoms. The van der Waals surface area contributed by atoms with Gasteiger partial charge in [-0.25, -0.2) is 4.68 Å². The molecule has 4 rings (SSSR count). The molecule has 1 amide bonds. The maximum atomic E-state index is 12.8. The van der Waals surface area contributed by atoms with Crippen LogP contribution in [0.3, 0.4) is 0 Å². The van der Waals surface area contributed by atoms with E-state index in [1.807, 2.05) is 36.1 Å². The lowest BCUT2D eigenvalue weighted by Crippen LogP contribution is -2.29. The Morgan fingerprint density at radius 1 is 1.23 bits per heavy atom. The van der Waals surface area contributed by atoms with E-state index in [4.69, 9.17) is 0 Å². The minimum absolute atomic E-state index is 0.0722. The predicted molar refractivity (Wildman–Crippen MR) is 94.6 cm³/mol. The summed E-state index contributed by atoms with van der Waals surface area (Å²) in [4.78, 5) is 14.7. The molecule has 3 heterocycles. The Hall–Kier alpha value is -3.03. The molecule has 134 valence electrons. The molecule has 0 N–H and O–H groups in total. The van der Waals surface area contributed by atoms with Crippen LogP contribution in [0.2, 0.25) is 0 Å². The van der Waals surface area contributed by atoms with Crippen molar-refractivity contribution in [3.8, 4) is 0 Å². The molecule has 1 fully saturated rings. The standard InChI is InChI=1S/C18H21N7O/c1-13-9-14(2)25(20-13)17-7-8-23(11-17)18(26)16-5-3-15(4-6-16)10-24-12-19-21-22-24/h3-6,9,12,17H,7-8,10-11H2,1-2H3/t17-/m1/s1. The number of nitrogens with zero attached hydrogens (tertiary/aromatic N) is 7. The number of aromatic nitrogens is 6. The van der Waals surface area contributed by atoms with E-state index < -0.39 is 0 Å². The van der Waals surface area contributed by atoms with Gasteiger partial charge in [-0.05, 0) is 54.5 Å². The van der Waals surface area contributed by atoms with Crippen molar-refractivity contribution in [1.82, 2.24) is 34.9 Å². The highest BCUT2D eigenvalue weighted by atomic mass is 16.2. The first-order chi connectivity index (χ1) is 12.6. The molecule has 0 saturated carbocycles. The first-order valence-electron chi connectivity index (χ1n) is 8.72.